The van der Waals surface area contributed by atoms with Crippen LogP contribution in [0.5, 0.6) is 0 Å². The van der Waals surface area contributed by atoms with Crippen LogP contribution in [-0.4, -0.2) is 72.8 Å². The van der Waals surface area contributed by atoms with E-state index in [2.05, 4.69) is 25.8 Å². The van der Waals surface area contributed by atoms with Gasteiger partial charge in [0.05, 0.1) is 0 Å². The van der Waals surface area contributed by atoms with Gasteiger partial charge < -0.3 is 19.4 Å². The summed E-state index contributed by atoms with van der Waals surface area (Å²) in [5, 5.41) is 0. The first-order chi connectivity index (χ1) is 12.3. The zero-order valence-corrected chi connectivity index (χ0v) is 14.8. The number of hydrogen-bond acceptors (Lipinski definition) is 6. The number of nitrogens with zero attached hydrogens (tertiary/aromatic N) is 5. The van der Waals surface area contributed by atoms with Crippen molar-refractivity contribution in [3.8, 4) is 0 Å². The molecule has 1 atom stereocenters. The second kappa shape index (κ2) is 7.56. The third kappa shape index (κ3) is 3.71. The third-order valence-electron chi connectivity index (χ3n) is 5.44. The maximum absolute atomic E-state index is 12.5. The normalized spacial score (nSPS) is 24.6. The van der Waals surface area contributed by atoms with E-state index in [-0.39, 0.29) is 12.0 Å². The SMILES string of the molecule is O=C(C1CCCO1)N1CCN(c2cc(N3CCCCC3)ncn2)CC1. The first kappa shape index (κ1) is 16.6. The third-order valence-corrected chi connectivity index (χ3v) is 5.44. The summed E-state index contributed by atoms with van der Waals surface area (Å²) in [5.74, 6) is 2.16. The van der Waals surface area contributed by atoms with Crippen LogP contribution in [0.1, 0.15) is 32.1 Å². The lowest BCUT2D eigenvalue weighted by atomic mass is 10.1. The molecule has 0 aliphatic carbocycles. The van der Waals surface area contributed by atoms with E-state index in [0.717, 1.165) is 70.4 Å². The Morgan fingerprint density at radius 1 is 0.920 bits per heavy atom. The fraction of sp³-hybridized carbons (Fsp3) is 0.722. The fourth-order valence-corrected chi connectivity index (χ4v) is 3.94. The van der Waals surface area contributed by atoms with Gasteiger partial charge in [-0.15, -0.1) is 0 Å². The van der Waals surface area contributed by atoms with Gasteiger partial charge in [-0.05, 0) is 32.1 Å². The Labute approximate surface area is 149 Å². The topological polar surface area (TPSA) is 61.8 Å². The van der Waals surface area contributed by atoms with E-state index >= 15 is 0 Å². The van der Waals surface area contributed by atoms with Gasteiger partial charge in [0, 0.05) is 51.9 Å². The van der Waals surface area contributed by atoms with Crippen molar-refractivity contribution in [1.29, 1.82) is 0 Å². The first-order valence-electron chi connectivity index (χ1n) is 9.53. The highest BCUT2D eigenvalue weighted by atomic mass is 16.5. The molecular weight excluding hydrogens is 318 g/mol. The highest BCUT2D eigenvalue weighted by Gasteiger charge is 2.30. The van der Waals surface area contributed by atoms with E-state index in [1.165, 1.54) is 19.3 Å². The quantitative estimate of drug-likeness (QED) is 0.823. The van der Waals surface area contributed by atoms with E-state index in [4.69, 9.17) is 4.74 Å². The average molecular weight is 345 g/mol. The molecule has 136 valence electrons. The van der Waals surface area contributed by atoms with Crippen molar-refractivity contribution in [1.82, 2.24) is 14.9 Å². The van der Waals surface area contributed by atoms with Crippen molar-refractivity contribution in [2.24, 2.45) is 0 Å². The number of carbonyl (C=O) groups excluding carboxylic acids is 1. The molecule has 7 heteroatoms. The van der Waals surface area contributed by atoms with Gasteiger partial charge in [-0.1, -0.05) is 0 Å². The molecule has 25 heavy (non-hydrogen) atoms. The van der Waals surface area contributed by atoms with Gasteiger partial charge in [-0.25, -0.2) is 9.97 Å². The number of piperidine rings is 1. The van der Waals surface area contributed by atoms with E-state index in [9.17, 15) is 4.79 Å². The second-order valence-electron chi connectivity index (χ2n) is 7.10. The molecule has 1 aromatic rings. The lowest BCUT2D eigenvalue weighted by Gasteiger charge is -2.36. The Balaban J connectivity index is 1.36. The number of amides is 1. The maximum atomic E-state index is 12.5. The molecule has 3 aliphatic heterocycles. The Hall–Kier alpha value is -1.89. The highest BCUT2D eigenvalue weighted by molar-refractivity contribution is 5.81. The number of carbonyl (C=O) groups is 1. The monoisotopic (exact) mass is 345 g/mol. The summed E-state index contributed by atoms with van der Waals surface area (Å²) in [4.78, 5) is 27.9. The summed E-state index contributed by atoms with van der Waals surface area (Å²) in [7, 11) is 0. The predicted octanol–water partition coefficient (Wildman–Crippen LogP) is 1.29. The number of anilines is 2. The number of rotatable bonds is 3. The average Bonchev–Trinajstić information content (AvgIpc) is 3.23. The van der Waals surface area contributed by atoms with Crippen molar-refractivity contribution in [2.45, 2.75) is 38.2 Å². The van der Waals surface area contributed by atoms with Gasteiger partial charge >= 0.3 is 0 Å². The minimum absolute atomic E-state index is 0.161. The highest BCUT2D eigenvalue weighted by Crippen LogP contribution is 2.22. The predicted molar refractivity (Wildman–Crippen MR) is 95.9 cm³/mol. The van der Waals surface area contributed by atoms with Gasteiger partial charge in [0.15, 0.2) is 0 Å². The molecule has 0 bridgehead atoms. The Morgan fingerprint density at radius 2 is 1.60 bits per heavy atom. The second-order valence-corrected chi connectivity index (χ2v) is 7.10. The molecule has 3 saturated heterocycles. The molecule has 0 saturated carbocycles. The maximum Gasteiger partial charge on any atom is 0.251 e. The molecule has 0 N–H and O–H groups in total. The first-order valence-corrected chi connectivity index (χ1v) is 9.53. The molecule has 1 unspecified atom stereocenters. The molecule has 4 heterocycles. The van der Waals surface area contributed by atoms with E-state index in [0.29, 0.717) is 0 Å². The standard InChI is InChI=1S/C18H27N5O2/c24-18(15-5-4-12-25-15)23-10-8-22(9-11-23)17-13-16(19-14-20-17)21-6-2-1-3-7-21/h13-15H,1-12H2. The Morgan fingerprint density at radius 3 is 2.24 bits per heavy atom. The van der Waals surface area contributed by atoms with E-state index in [1.807, 2.05) is 4.90 Å². The number of ether oxygens (including phenoxy) is 1. The minimum atomic E-state index is -0.212. The van der Waals surface area contributed by atoms with Crippen LogP contribution in [0.25, 0.3) is 0 Å². The molecule has 1 amide bonds. The zero-order valence-electron chi connectivity index (χ0n) is 14.8. The van der Waals surface area contributed by atoms with Crippen LogP contribution in [0.4, 0.5) is 11.6 Å². The van der Waals surface area contributed by atoms with Gasteiger partial charge in [-0.3, -0.25) is 4.79 Å². The van der Waals surface area contributed by atoms with Gasteiger partial charge in [0.1, 0.15) is 24.1 Å². The van der Waals surface area contributed by atoms with Gasteiger partial charge in [0.2, 0.25) is 0 Å². The van der Waals surface area contributed by atoms with Crippen LogP contribution in [0.2, 0.25) is 0 Å². The summed E-state index contributed by atoms with van der Waals surface area (Å²) in [6.45, 7) is 5.99. The molecule has 0 radical (unpaired) electrons. The molecule has 7 nitrogen and oxygen atoms in total. The van der Waals surface area contributed by atoms with Crippen LogP contribution in [0.15, 0.2) is 12.4 Å². The van der Waals surface area contributed by atoms with E-state index in [1.54, 1.807) is 6.33 Å². The zero-order chi connectivity index (χ0) is 17.1. The smallest absolute Gasteiger partial charge is 0.251 e. The van der Waals surface area contributed by atoms with Crippen LogP contribution in [0.3, 0.4) is 0 Å². The summed E-state index contributed by atoms with van der Waals surface area (Å²) in [5.41, 5.74) is 0. The molecule has 1 aromatic heterocycles. The number of hydrogen-bond donors (Lipinski definition) is 0. The summed E-state index contributed by atoms with van der Waals surface area (Å²) in [6.07, 6.45) is 7.11. The van der Waals surface area contributed by atoms with Crippen molar-refractivity contribution >= 4 is 17.5 Å². The van der Waals surface area contributed by atoms with Crippen LogP contribution < -0.4 is 9.80 Å². The molecule has 3 fully saturated rings. The van der Waals surface area contributed by atoms with Crippen LogP contribution in [0, 0.1) is 0 Å². The summed E-state index contributed by atoms with van der Waals surface area (Å²) in [6, 6.07) is 2.10. The van der Waals surface area contributed by atoms with Crippen molar-refractivity contribution in [2.75, 3.05) is 55.7 Å². The van der Waals surface area contributed by atoms with Crippen LogP contribution in [-0.2, 0) is 9.53 Å². The number of piperazine rings is 1. The van der Waals surface area contributed by atoms with Gasteiger partial charge in [-0.2, -0.15) is 0 Å². The fourth-order valence-electron chi connectivity index (χ4n) is 3.94. The van der Waals surface area contributed by atoms with Crippen molar-refractivity contribution in [3.63, 3.8) is 0 Å². The largest absolute Gasteiger partial charge is 0.368 e. The molecule has 3 aliphatic rings. The molecule has 4 rings (SSSR count). The van der Waals surface area contributed by atoms with Crippen LogP contribution >= 0.6 is 0 Å². The molecule has 0 spiro atoms. The Bertz CT molecular complexity index is 591. The minimum Gasteiger partial charge on any atom is -0.368 e. The van der Waals surface area contributed by atoms with Crippen molar-refractivity contribution in [3.05, 3.63) is 12.4 Å². The van der Waals surface area contributed by atoms with E-state index < -0.39 is 0 Å². The lowest BCUT2D eigenvalue weighted by molar-refractivity contribution is -0.141. The van der Waals surface area contributed by atoms with Crippen molar-refractivity contribution < 1.29 is 9.53 Å². The Kier molecular flexibility index (Phi) is 5.01. The summed E-state index contributed by atoms with van der Waals surface area (Å²) >= 11 is 0. The number of aromatic nitrogens is 2. The molecule has 0 aromatic carbocycles. The lowest BCUT2D eigenvalue weighted by Crippen LogP contribution is -2.51. The summed E-state index contributed by atoms with van der Waals surface area (Å²) < 4.78 is 5.53. The van der Waals surface area contributed by atoms with Gasteiger partial charge in [0.25, 0.3) is 5.91 Å². The molecular formula is C18H27N5O2.